The minimum Gasteiger partial charge on any atom is -0.372 e. The van der Waals surface area contributed by atoms with E-state index in [1.165, 1.54) is 13.2 Å². The molecule has 0 bridgehead atoms. The Hall–Kier alpha value is -2.98. The van der Waals surface area contributed by atoms with Crippen LogP contribution in [0.25, 0.3) is 0 Å². The first kappa shape index (κ1) is 20.7. The van der Waals surface area contributed by atoms with Gasteiger partial charge in [-0.15, -0.1) is 0 Å². The van der Waals surface area contributed by atoms with Gasteiger partial charge in [0.25, 0.3) is 0 Å². The first-order valence-corrected chi connectivity index (χ1v) is 9.70. The monoisotopic (exact) mass is 391 g/mol. The Labute approximate surface area is 171 Å². The average Bonchev–Trinajstić information content (AvgIpc) is 2.77. The summed E-state index contributed by atoms with van der Waals surface area (Å²) < 4.78 is 19.8. The number of benzene rings is 3. The first-order valence-electron chi connectivity index (χ1n) is 9.70. The molecule has 0 aliphatic heterocycles. The van der Waals surface area contributed by atoms with Crippen molar-refractivity contribution in [3.8, 4) is 0 Å². The molecule has 0 aliphatic rings. The summed E-state index contributed by atoms with van der Waals surface area (Å²) >= 11 is 0. The molecule has 150 valence electrons. The quantitative estimate of drug-likeness (QED) is 0.585. The molecule has 0 saturated heterocycles. The first-order chi connectivity index (χ1) is 14.0. The smallest absolute Gasteiger partial charge is 0.221 e. The Morgan fingerprint density at radius 2 is 1.45 bits per heavy atom. The van der Waals surface area contributed by atoms with Crippen molar-refractivity contribution in [1.82, 2.24) is 5.32 Å². The summed E-state index contributed by atoms with van der Waals surface area (Å²) in [7, 11) is 1.52. The number of rotatable bonds is 8. The number of nitrogens with one attached hydrogen (secondary N) is 1. The minimum atomic E-state index is -0.948. The number of halogens is 1. The van der Waals surface area contributed by atoms with Crippen LogP contribution in [0.15, 0.2) is 84.9 Å². The fraction of sp³-hybridized carbons (Fsp3) is 0.240. The molecule has 3 nitrogen and oxygen atoms in total. The van der Waals surface area contributed by atoms with Gasteiger partial charge in [0.15, 0.2) is 0 Å². The van der Waals surface area contributed by atoms with Gasteiger partial charge >= 0.3 is 0 Å². The van der Waals surface area contributed by atoms with Crippen molar-refractivity contribution in [3.05, 3.63) is 107 Å². The molecule has 1 N–H and O–H groups in total. The Morgan fingerprint density at radius 1 is 0.931 bits per heavy atom. The van der Waals surface area contributed by atoms with E-state index in [1.54, 1.807) is 25.1 Å². The third-order valence-electron chi connectivity index (χ3n) is 5.31. The van der Waals surface area contributed by atoms with E-state index in [0.29, 0.717) is 12.0 Å². The number of ether oxygens (including phenoxy) is 1. The van der Waals surface area contributed by atoms with Crippen LogP contribution in [0.5, 0.6) is 0 Å². The SMILES string of the molecule is COC(C)(CNC(=O)CC(c1ccccc1)c1ccccc1)c1ccccc1F. The number of carbonyl (C=O) groups excluding carboxylic acids is 1. The highest BCUT2D eigenvalue weighted by atomic mass is 19.1. The molecule has 29 heavy (non-hydrogen) atoms. The van der Waals surface area contributed by atoms with Crippen LogP contribution in [0.2, 0.25) is 0 Å². The maximum atomic E-state index is 14.3. The van der Waals surface area contributed by atoms with Gasteiger partial charge in [-0.05, 0) is 24.1 Å². The van der Waals surface area contributed by atoms with Gasteiger partial charge < -0.3 is 10.1 Å². The van der Waals surface area contributed by atoms with Crippen LogP contribution in [0, 0.1) is 5.82 Å². The van der Waals surface area contributed by atoms with E-state index in [1.807, 2.05) is 60.7 Å². The third kappa shape index (κ3) is 5.09. The van der Waals surface area contributed by atoms with Crippen LogP contribution in [0.1, 0.15) is 36.0 Å². The lowest BCUT2D eigenvalue weighted by molar-refractivity contribution is -0.122. The lowest BCUT2D eigenvalue weighted by Crippen LogP contribution is -2.41. The molecule has 0 saturated carbocycles. The predicted molar refractivity (Wildman–Crippen MR) is 113 cm³/mol. The molecular formula is C25H26FNO2. The van der Waals surface area contributed by atoms with E-state index in [-0.39, 0.29) is 24.2 Å². The van der Waals surface area contributed by atoms with Gasteiger partial charge in [0.2, 0.25) is 5.91 Å². The summed E-state index contributed by atoms with van der Waals surface area (Å²) in [4.78, 5) is 12.8. The van der Waals surface area contributed by atoms with Crippen molar-refractivity contribution in [2.24, 2.45) is 0 Å². The minimum absolute atomic E-state index is 0.0559. The summed E-state index contributed by atoms with van der Waals surface area (Å²) in [5.74, 6) is -0.514. The Balaban J connectivity index is 1.74. The molecule has 1 atom stereocenters. The van der Waals surface area contributed by atoms with Gasteiger partial charge in [-0.2, -0.15) is 0 Å². The molecule has 1 unspecified atom stereocenters. The lowest BCUT2D eigenvalue weighted by Gasteiger charge is -2.29. The standard InChI is InChI=1S/C25H26FNO2/c1-25(29-2,22-15-9-10-16-23(22)26)18-27-24(28)17-21(19-11-5-3-6-12-19)20-13-7-4-8-14-20/h3-16,21H,17-18H2,1-2H3,(H,27,28). The second-order valence-corrected chi connectivity index (χ2v) is 7.27. The van der Waals surface area contributed by atoms with E-state index in [0.717, 1.165) is 11.1 Å². The van der Waals surface area contributed by atoms with Crippen molar-refractivity contribution in [2.75, 3.05) is 13.7 Å². The summed E-state index contributed by atoms with van der Waals surface area (Å²) in [5, 5.41) is 2.94. The average molecular weight is 391 g/mol. The molecule has 3 rings (SSSR count). The molecule has 0 heterocycles. The normalized spacial score (nSPS) is 13.1. The summed E-state index contributed by atoms with van der Waals surface area (Å²) in [6.07, 6.45) is 0.297. The number of methoxy groups -OCH3 is 1. The third-order valence-corrected chi connectivity index (χ3v) is 5.31. The Kier molecular flexibility index (Phi) is 6.78. The molecule has 0 fully saturated rings. The topological polar surface area (TPSA) is 38.3 Å². The second-order valence-electron chi connectivity index (χ2n) is 7.27. The van der Waals surface area contributed by atoms with Crippen LogP contribution in [0.3, 0.4) is 0 Å². The van der Waals surface area contributed by atoms with Gasteiger partial charge in [0.05, 0.1) is 6.54 Å². The van der Waals surface area contributed by atoms with Crippen LogP contribution < -0.4 is 5.32 Å². The summed E-state index contributed by atoms with van der Waals surface area (Å²) in [6.45, 7) is 1.96. The highest BCUT2D eigenvalue weighted by molar-refractivity contribution is 5.77. The molecule has 3 aromatic carbocycles. The van der Waals surface area contributed by atoms with Crippen LogP contribution in [-0.4, -0.2) is 19.6 Å². The highest BCUT2D eigenvalue weighted by Gasteiger charge is 2.30. The highest BCUT2D eigenvalue weighted by Crippen LogP contribution is 2.29. The van der Waals surface area contributed by atoms with Crippen LogP contribution in [-0.2, 0) is 15.1 Å². The molecular weight excluding hydrogens is 365 g/mol. The molecule has 0 spiro atoms. The van der Waals surface area contributed by atoms with Crippen molar-refractivity contribution >= 4 is 5.91 Å². The van der Waals surface area contributed by atoms with E-state index >= 15 is 0 Å². The molecule has 0 aromatic heterocycles. The van der Waals surface area contributed by atoms with Gasteiger partial charge in [0, 0.05) is 25.0 Å². The van der Waals surface area contributed by atoms with Crippen molar-refractivity contribution < 1.29 is 13.9 Å². The lowest BCUT2D eigenvalue weighted by atomic mass is 9.88. The summed E-state index contributed by atoms with van der Waals surface area (Å²) in [5.41, 5.74) is 1.64. The number of hydrogen-bond acceptors (Lipinski definition) is 2. The van der Waals surface area contributed by atoms with E-state index < -0.39 is 5.60 Å². The van der Waals surface area contributed by atoms with Crippen LogP contribution in [0.4, 0.5) is 4.39 Å². The zero-order valence-corrected chi connectivity index (χ0v) is 16.8. The molecule has 0 aliphatic carbocycles. The number of carbonyl (C=O) groups is 1. The zero-order valence-electron chi connectivity index (χ0n) is 16.8. The van der Waals surface area contributed by atoms with Gasteiger partial charge in [0.1, 0.15) is 11.4 Å². The molecule has 1 amide bonds. The van der Waals surface area contributed by atoms with Gasteiger partial charge in [-0.3, -0.25) is 4.79 Å². The fourth-order valence-electron chi connectivity index (χ4n) is 3.49. The Bertz CT molecular complexity index is 890. The van der Waals surface area contributed by atoms with E-state index in [9.17, 15) is 9.18 Å². The number of amides is 1. The molecule has 0 radical (unpaired) electrons. The largest absolute Gasteiger partial charge is 0.372 e. The van der Waals surface area contributed by atoms with Gasteiger partial charge in [-0.1, -0.05) is 78.9 Å². The predicted octanol–water partition coefficient (Wildman–Crippen LogP) is 5.03. The Morgan fingerprint density at radius 3 is 1.97 bits per heavy atom. The van der Waals surface area contributed by atoms with Crippen molar-refractivity contribution in [2.45, 2.75) is 24.9 Å². The molecule has 3 aromatic rings. The van der Waals surface area contributed by atoms with E-state index in [4.69, 9.17) is 4.74 Å². The maximum absolute atomic E-state index is 14.3. The van der Waals surface area contributed by atoms with Crippen LogP contribution >= 0.6 is 0 Å². The maximum Gasteiger partial charge on any atom is 0.221 e. The number of hydrogen-bond donors (Lipinski definition) is 1. The fourth-order valence-corrected chi connectivity index (χ4v) is 3.49. The van der Waals surface area contributed by atoms with E-state index in [2.05, 4.69) is 5.32 Å². The summed E-state index contributed by atoms with van der Waals surface area (Å²) in [6, 6.07) is 26.4. The second kappa shape index (κ2) is 9.48. The van der Waals surface area contributed by atoms with Crippen molar-refractivity contribution in [3.63, 3.8) is 0 Å². The molecule has 4 heteroatoms. The van der Waals surface area contributed by atoms with Crippen molar-refractivity contribution in [1.29, 1.82) is 0 Å². The van der Waals surface area contributed by atoms with Gasteiger partial charge in [-0.25, -0.2) is 4.39 Å². The zero-order chi connectivity index (χ0) is 20.7.